The predicted octanol–water partition coefficient (Wildman–Crippen LogP) is 7.87. The number of hydrogen-bond donors (Lipinski definition) is 1. The van der Waals surface area contributed by atoms with Gasteiger partial charge in [0.05, 0.1) is 10.6 Å². The third kappa shape index (κ3) is 9.20. The molecule has 2 saturated heterocycles. The summed E-state index contributed by atoms with van der Waals surface area (Å²) in [7, 11) is 0. The van der Waals surface area contributed by atoms with Gasteiger partial charge in [0, 0.05) is 62.3 Å². The molecule has 256 valence electrons. The van der Waals surface area contributed by atoms with Crippen LogP contribution in [0.3, 0.4) is 0 Å². The quantitative estimate of drug-likeness (QED) is 0.136. The van der Waals surface area contributed by atoms with Gasteiger partial charge in [-0.3, -0.25) is 9.88 Å². The number of ether oxygens (including phenoxy) is 2. The average molecular weight is 678 g/mol. The van der Waals surface area contributed by atoms with Gasteiger partial charge in [-0.25, -0.2) is 0 Å². The Hall–Kier alpha value is -3.93. The highest BCUT2D eigenvalue weighted by atomic mass is 35.5. The smallest absolute Gasteiger partial charge is 0.142 e. The molecule has 2 fully saturated rings. The van der Waals surface area contributed by atoms with Crippen LogP contribution in [0.25, 0.3) is 11.1 Å². The molecule has 7 nitrogen and oxygen atoms in total. The summed E-state index contributed by atoms with van der Waals surface area (Å²) in [6.45, 7) is 13.5. The average Bonchev–Trinajstić information content (AvgIpc) is 3.65. The molecule has 4 aromatic rings. The van der Waals surface area contributed by atoms with Crippen molar-refractivity contribution < 1.29 is 9.47 Å². The lowest BCUT2D eigenvalue weighted by Gasteiger charge is -2.28. The first-order valence-corrected chi connectivity index (χ1v) is 18.1. The molecule has 0 amide bonds. The summed E-state index contributed by atoms with van der Waals surface area (Å²) in [5, 5.41) is 13.3. The fraction of sp³-hybridized carbons (Fsp3) is 0.415. The maximum Gasteiger partial charge on any atom is 0.142 e. The van der Waals surface area contributed by atoms with Gasteiger partial charge in [-0.1, -0.05) is 48.0 Å². The van der Waals surface area contributed by atoms with Crippen LogP contribution in [0.1, 0.15) is 64.6 Å². The predicted molar refractivity (Wildman–Crippen MR) is 197 cm³/mol. The van der Waals surface area contributed by atoms with Crippen LogP contribution in [0.2, 0.25) is 5.02 Å². The molecular formula is C41H48ClN5O2. The van der Waals surface area contributed by atoms with Gasteiger partial charge in [-0.15, -0.1) is 0 Å². The van der Waals surface area contributed by atoms with E-state index < -0.39 is 0 Å². The van der Waals surface area contributed by atoms with Gasteiger partial charge in [-0.2, -0.15) is 5.26 Å². The minimum atomic E-state index is 0.288. The van der Waals surface area contributed by atoms with E-state index in [4.69, 9.17) is 21.1 Å². The van der Waals surface area contributed by atoms with Crippen molar-refractivity contribution in [1.82, 2.24) is 20.1 Å². The zero-order valence-corrected chi connectivity index (χ0v) is 29.7. The zero-order valence-electron chi connectivity index (χ0n) is 28.9. The van der Waals surface area contributed by atoms with Crippen molar-refractivity contribution in [3.05, 3.63) is 111 Å². The largest absolute Gasteiger partial charge is 0.488 e. The maximum atomic E-state index is 9.32. The summed E-state index contributed by atoms with van der Waals surface area (Å²) < 4.78 is 12.8. The molecule has 0 aliphatic carbocycles. The molecule has 0 spiro atoms. The summed E-state index contributed by atoms with van der Waals surface area (Å²) >= 11 is 6.88. The third-order valence-electron chi connectivity index (χ3n) is 9.97. The van der Waals surface area contributed by atoms with Crippen LogP contribution in [0.5, 0.6) is 11.5 Å². The number of rotatable bonds is 14. The number of nitriles is 1. The Morgan fingerprint density at radius 1 is 0.796 bits per heavy atom. The summed E-state index contributed by atoms with van der Waals surface area (Å²) in [6, 6.07) is 21.1. The summed E-state index contributed by atoms with van der Waals surface area (Å²) in [5.41, 5.74) is 10.0. The molecular weight excluding hydrogens is 630 g/mol. The first-order valence-electron chi connectivity index (χ1n) is 17.7. The molecule has 0 unspecified atom stereocenters. The van der Waals surface area contributed by atoms with Gasteiger partial charge in [0.15, 0.2) is 0 Å². The number of nitrogens with zero attached hydrogens (tertiary/aromatic N) is 4. The van der Waals surface area contributed by atoms with Crippen molar-refractivity contribution >= 4 is 11.6 Å². The SMILES string of the molecule is Cc1c(CCCCN2CCCC2)cccc1-c1cccc(COc2cc(OCc3cncc(C#N)c3)c(CN3CCNCC3)cc2Cl)c1C. The van der Waals surface area contributed by atoms with Crippen LogP contribution in [0.15, 0.2) is 67.0 Å². The Morgan fingerprint density at radius 2 is 1.51 bits per heavy atom. The van der Waals surface area contributed by atoms with Crippen LogP contribution in [-0.4, -0.2) is 60.6 Å². The highest BCUT2D eigenvalue weighted by Crippen LogP contribution is 2.36. The fourth-order valence-corrected chi connectivity index (χ4v) is 7.27. The van der Waals surface area contributed by atoms with Gasteiger partial charge >= 0.3 is 0 Å². The van der Waals surface area contributed by atoms with Gasteiger partial charge in [-0.05, 0) is 111 Å². The van der Waals surface area contributed by atoms with Crippen LogP contribution in [-0.2, 0) is 26.2 Å². The molecule has 0 radical (unpaired) electrons. The van der Waals surface area contributed by atoms with E-state index >= 15 is 0 Å². The molecule has 2 aliphatic rings. The summed E-state index contributed by atoms with van der Waals surface area (Å²) in [5.74, 6) is 1.31. The standard InChI is InChI=1S/C41H48ClN5O2/c1-30-34(9-3-4-16-46-17-5-6-18-46)10-7-12-37(30)38-13-8-11-35(31(38)2)29-49-41-23-40(48-28-33-21-32(24-43)25-45-26-33)36(22-39(41)42)27-47-19-14-44-15-20-47/h7-8,10-13,21-23,25-26,44H,3-6,9,14-20,27-29H2,1-2H3. The Labute approximate surface area is 296 Å². The van der Waals surface area contributed by atoms with Crippen LogP contribution in [0.4, 0.5) is 0 Å². The van der Waals surface area contributed by atoms with Crippen LogP contribution >= 0.6 is 11.6 Å². The van der Waals surface area contributed by atoms with Crippen molar-refractivity contribution in [3.8, 4) is 28.7 Å². The second-order valence-electron chi connectivity index (χ2n) is 13.4. The monoisotopic (exact) mass is 677 g/mol. The molecule has 2 aliphatic heterocycles. The van der Waals surface area contributed by atoms with Gasteiger partial charge in [0.25, 0.3) is 0 Å². The molecule has 1 N–H and O–H groups in total. The topological polar surface area (TPSA) is 73.7 Å². The van der Waals surface area contributed by atoms with E-state index in [1.807, 2.05) is 12.1 Å². The second kappa shape index (κ2) is 17.1. The van der Waals surface area contributed by atoms with E-state index in [-0.39, 0.29) is 6.61 Å². The first-order chi connectivity index (χ1) is 24.0. The number of benzene rings is 3. The number of aryl methyl sites for hydroxylation is 1. The Balaban J connectivity index is 1.17. The van der Waals surface area contributed by atoms with E-state index in [0.717, 1.165) is 61.6 Å². The number of halogens is 1. The molecule has 3 aromatic carbocycles. The fourth-order valence-electron chi connectivity index (χ4n) is 7.03. The van der Waals surface area contributed by atoms with E-state index in [1.165, 1.54) is 73.1 Å². The molecule has 3 heterocycles. The van der Waals surface area contributed by atoms with Crippen molar-refractivity contribution in [2.75, 3.05) is 45.8 Å². The Bertz CT molecular complexity index is 1760. The van der Waals surface area contributed by atoms with Crippen LogP contribution < -0.4 is 14.8 Å². The lowest BCUT2D eigenvalue weighted by molar-refractivity contribution is 0.225. The number of nitrogens with one attached hydrogen (secondary N) is 1. The highest BCUT2D eigenvalue weighted by molar-refractivity contribution is 6.32. The number of hydrogen-bond acceptors (Lipinski definition) is 7. The summed E-state index contributed by atoms with van der Waals surface area (Å²) in [4.78, 5) is 9.20. The minimum absolute atomic E-state index is 0.288. The number of pyridine rings is 1. The van der Waals surface area contributed by atoms with E-state index in [0.29, 0.717) is 22.9 Å². The number of aromatic nitrogens is 1. The van der Waals surface area contributed by atoms with Gasteiger partial charge in [0.2, 0.25) is 0 Å². The number of likely N-dealkylation sites (tertiary alicyclic amines) is 1. The molecule has 6 rings (SSSR count). The molecule has 8 heteroatoms. The molecule has 0 atom stereocenters. The van der Waals surface area contributed by atoms with Crippen molar-refractivity contribution in [2.24, 2.45) is 0 Å². The molecule has 0 bridgehead atoms. The van der Waals surface area contributed by atoms with E-state index in [1.54, 1.807) is 18.5 Å². The normalized spacial score (nSPS) is 15.3. The van der Waals surface area contributed by atoms with E-state index in [9.17, 15) is 5.26 Å². The minimum Gasteiger partial charge on any atom is -0.488 e. The lowest BCUT2D eigenvalue weighted by atomic mass is 9.90. The van der Waals surface area contributed by atoms with Crippen molar-refractivity contribution in [2.45, 2.75) is 65.7 Å². The number of unbranched alkanes of at least 4 members (excludes halogenated alkanes) is 1. The second-order valence-corrected chi connectivity index (χ2v) is 13.8. The van der Waals surface area contributed by atoms with Crippen molar-refractivity contribution in [3.63, 3.8) is 0 Å². The summed E-state index contributed by atoms with van der Waals surface area (Å²) in [6.07, 6.45) is 9.59. The lowest BCUT2D eigenvalue weighted by Crippen LogP contribution is -2.42. The van der Waals surface area contributed by atoms with Gasteiger partial charge in [0.1, 0.15) is 30.8 Å². The van der Waals surface area contributed by atoms with Crippen molar-refractivity contribution in [1.29, 1.82) is 5.26 Å². The Morgan fingerprint density at radius 3 is 2.27 bits per heavy atom. The van der Waals surface area contributed by atoms with Gasteiger partial charge < -0.3 is 19.7 Å². The maximum absolute atomic E-state index is 9.32. The molecule has 49 heavy (non-hydrogen) atoms. The molecule has 1 aromatic heterocycles. The zero-order chi connectivity index (χ0) is 34.0. The first kappa shape index (κ1) is 34.9. The Kier molecular flexibility index (Phi) is 12.2. The van der Waals surface area contributed by atoms with E-state index in [2.05, 4.69) is 76.4 Å². The highest BCUT2D eigenvalue weighted by Gasteiger charge is 2.18. The number of piperazine rings is 1. The van der Waals surface area contributed by atoms with Crippen LogP contribution in [0, 0.1) is 25.2 Å². The third-order valence-corrected chi connectivity index (χ3v) is 10.3. The molecule has 0 saturated carbocycles.